The van der Waals surface area contributed by atoms with Crippen LogP contribution in [-0.2, 0) is 11.3 Å². The van der Waals surface area contributed by atoms with Gasteiger partial charge in [-0.15, -0.1) is 0 Å². The maximum atomic E-state index is 12.5. The zero-order valence-corrected chi connectivity index (χ0v) is 18.7. The zero-order chi connectivity index (χ0) is 22.8. The van der Waals surface area contributed by atoms with Gasteiger partial charge in [0, 0.05) is 18.1 Å². The molecule has 166 valence electrons. The Bertz CT molecular complexity index is 1270. The van der Waals surface area contributed by atoms with Crippen molar-refractivity contribution in [3.63, 3.8) is 0 Å². The minimum atomic E-state index is -0.390. The number of hydrogen-bond donors (Lipinski definition) is 1. The first kappa shape index (κ1) is 21.0. The number of carbonyl (C=O) groups excluding carboxylic acids is 1. The molecule has 0 bridgehead atoms. The Hall–Kier alpha value is -3.91. The number of ether oxygens (including phenoxy) is 1. The van der Waals surface area contributed by atoms with E-state index in [-0.39, 0.29) is 18.1 Å². The lowest BCUT2D eigenvalue weighted by Crippen LogP contribution is -2.30. The monoisotopic (exact) mass is 458 g/mol. The van der Waals surface area contributed by atoms with E-state index in [4.69, 9.17) is 21.4 Å². The summed E-state index contributed by atoms with van der Waals surface area (Å²) in [6.45, 7) is 0.497. The fourth-order valence-corrected chi connectivity index (χ4v) is 4.59. The maximum absolute atomic E-state index is 12.5. The molecule has 1 aromatic carbocycles. The number of nitrogens with one attached hydrogen (secondary N) is 1. The Labute approximate surface area is 196 Å². The highest BCUT2D eigenvalue weighted by Gasteiger charge is 2.41. The summed E-state index contributed by atoms with van der Waals surface area (Å²) in [5, 5.41) is 4.06. The molecular weight excluding hydrogens is 436 g/mol. The van der Waals surface area contributed by atoms with Gasteiger partial charge in [-0.25, -0.2) is 4.79 Å². The molecule has 7 nitrogen and oxygen atoms in total. The standard InChI is InChI=1S/C25H22N4O3S/c1-31-24(30)18-9-2-3-11-20(18)28-14-6-12-21(28)23-22(19-10-4-5-13-26-19)27-25(33)29(23)16-17-8-7-15-32-17/h2-15,22-23H,16H2,1H3,(H,27,33). The average Bonchev–Trinajstić information content (AvgIpc) is 3.60. The van der Waals surface area contributed by atoms with Crippen LogP contribution in [0.4, 0.5) is 0 Å². The van der Waals surface area contributed by atoms with E-state index in [2.05, 4.69) is 15.2 Å². The number of hydrogen-bond acceptors (Lipinski definition) is 5. The summed E-state index contributed by atoms with van der Waals surface area (Å²) in [5.41, 5.74) is 3.06. The van der Waals surface area contributed by atoms with E-state index in [1.54, 1.807) is 18.5 Å². The number of furan rings is 1. The van der Waals surface area contributed by atoms with Crippen LogP contribution in [0.25, 0.3) is 5.69 Å². The van der Waals surface area contributed by atoms with Crippen molar-refractivity contribution in [2.24, 2.45) is 0 Å². The second-order valence-electron chi connectivity index (χ2n) is 7.65. The molecule has 5 rings (SSSR count). The molecule has 33 heavy (non-hydrogen) atoms. The summed E-state index contributed by atoms with van der Waals surface area (Å²) in [5.74, 6) is 0.415. The first-order valence-electron chi connectivity index (χ1n) is 10.5. The van der Waals surface area contributed by atoms with E-state index in [0.717, 1.165) is 22.8 Å². The van der Waals surface area contributed by atoms with Gasteiger partial charge in [-0.1, -0.05) is 18.2 Å². The predicted molar refractivity (Wildman–Crippen MR) is 127 cm³/mol. The summed E-state index contributed by atoms with van der Waals surface area (Å²) in [7, 11) is 1.39. The lowest BCUT2D eigenvalue weighted by molar-refractivity contribution is 0.0600. The third-order valence-corrected chi connectivity index (χ3v) is 6.11. The Morgan fingerprint density at radius 3 is 2.73 bits per heavy atom. The van der Waals surface area contributed by atoms with Crippen LogP contribution in [0.5, 0.6) is 0 Å². The van der Waals surface area contributed by atoms with E-state index in [1.807, 2.05) is 71.4 Å². The number of para-hydroxylation sites is 1. The van der Waals surface area contributed by atoms with Gasteiger partial charge in [-0.3, -0.25) is 4.98 Å². The Morgan fingerprint density at radius 2 is 1.97 bits per heavy atom. The van der Waals surface area contributed by atoms with Crippen LogP contribution in [0.3, 0.4) is 0 Å². The molecule has 1 saturated heterocycles. The van der Waals surface area contributed by atoms with Crippen LogP contribution in [-0.4, -0.2) is 32.6 Å². The van der Waals surface area contributed by atoms with Crippen LogP contribution >= 0.6 is 12.2 Å². The smallest absolute Gasteiger partial charge is 0.339 e. The largest absolute Gasteiger partial charge is 0.467 e. The molecule has 1 aliphatic rings. The third kappa shape index (κ3) is 3.89. The number of carbonyl (C=O) groups is 1. The molecule has 2 atom stereocenters. The molecule has 0 saturated carbocycles. The minimum Gasteiger partial charge on any atom is -0.467 e. The Balaban J connectivity index is 1.63. The van der Waals surface area contributed by atoms with Gasteiger partial charge in [0.15, 0.2) is 5.11 Å². The highest BCUT2D eigenvalue weighted by molar-refractivity contribution is 7.80. The molecular formula is C25H22N4O3S. The minimum absolute atomic E-state index is 0.187. The number of benzene rings is 1. The van der Waals surface area contributed by atoms with Crippen molar-refractivity contribution in [3.8, 4) is 5.69 Å². The Morgan fingerprint density at radius 1 is 1.12 bits per heavy atom. The zero-order valence-electron chi connectivity index (χ0n) is 17.9. The Kier molecular flexibility index (Phi) is 5.66. The van der Waals surface area contributed by atoms with Crippen LogP contribution in [0.1, 0.15) is 39.6 Å². The van der Waals surface area contributed by atoms with Crippen molar-refractivity contribution in [1.29, 1.82) is 0 Å². The number of thiocarbonyl (C=S) groups is 1. The van der Waals surface area contributed by atoms with E-state index in [1.165, 1.54) is 7.11 Å². The van der Waals surface area contributed by atoms with Crippen LogP contribution in [0.2, 0.25) is 0 Å². The molecule has 3 aromatic heterocycles. The van der Waals surface area contributed by atoms with Gasteiger partial charge in [0.05, 0.1) is 48.9 Å². The summed E-state index contributed by atoms with van der Waals surface area (Å²) in [6, 6.07) is 20.7. The number of nitrogens with zero attached hydrogens (tertiary/aromatic N) is 3. The first-order chi connectivity index (χ1) is 16.2. The molecule has 8 heteroatoms. The first-order valence-corrected chi connectivity index (χ1v) is 10.9. The van der Waals surface area contributed by atoms with Crippen molar-refractivity contribution >= 4 is 23.3 Å². The van der Waals surface area contributed by atoms with Crippen LogP contribution < -0.4 is 5.32 Å². The van der Waals surface area contributed by atoms with Crippen LogP contribution in [0.15, 0.2) is 89.8 Å². The van der Waals surface area contributed by atoms with Crippen molar-refractivity contribution < 1.29 is 13.9 Å². The molecule has 1 N–H and O–H groups in total. The van der Waals surface area contributed by atoms with Gasteiger partial charge in [-0.05, 0) is 60.7 Å². The lowest BCUT2D eigenvalue weighted by atomic mass is 10.0. The van der Waals surface area contributed by atoms with Gasteiger partial charge in [0.2, 0.25) is 0 Å². The summed E-state index contributed by atoms with van der Waals surface area (Å²) in [4.78, 5) is 19.2. The number of esters is 1. The number of rotatable bonds is 6. The summed E-state index contributed by atoms with van der Waals surface area (Å²) < 4.78 is 12.7. The van der Waals surface area contributed by atoms with E-state index >= 15 is 0 Å². The number of pyridine rings is 1. The summed E-state index contributed by atoms with van der Waals surface area (Å²) >= 11 is 5.75. The molecule has 2 unspecified atom stereocenters. The second kappa shape index (κ2) is 8.91. The molecule has 4 aromatic rings. The molecule has 4 heterocycles. The van der Waals surface area contributed by atoms with Crippen molar-refractivity contribution in [1.82, 2.24) is 19.8 Å². The quantitative estimate of drug-likeness (QED) is 0.339. The lowest BCUT2D eigenvalue weighted by Gasteiger charge is -2.28. The molecule has 0 spiro atoms. The van der Waals surface area contributed by atoms with Crippen molar-refractivity contribution in [3.05, 3.63) is 108 Å². The highest BCUT2D eigenvalue weighted by Crippen LogP contribution is 2.40. The summed E-state index contributed by atoms with van der Waals surface area (Å²) in [6.07, 6.45) is 5.37. The van der Waals surface area contributed by atoms with E-state index in [9.17, 15) is 4.79 Å². The molecule has 0 amide bonds. The van der Waals surface area contributed by atoms with E-state index in [0.29, 0.717) is 17.2 Å². The van der Waals surface area contributed by atoms with Crippen LogP contribution in [0, 0.1) is 0 Å². The SMILES string of the molecule is COC(=O)c1ccccc1-n1cccc1C1C(c2ccccn2)NC(=S)N1Cc1ccco1. The maximum Gasteiger partial charge on any atom is 0.339 e. The predicted octanol–water partition coefficient (Wildman–Crippen LogP) is 4.42. The van der Waals surface area contributed by atoms with Crippen molar-refractivity contribution in [2.75, 3.05) is 7.11 Å². The molecule has 0 radical (unpaired) electrons. The molecule has 1 fully saturated rings. The molecule has 0 aliphatic carbocycles. The van der Waals surface area contributed by atoms with Gasteiger partial charge >= 0.3 is 5.97 Å². The van der Waals surface area contributed by atoms with Gasteiger partial charge in [-0.2, -0.15) is 0 Å². The van der Waals surface area contributed by atoms with E-state index < -0.39 is 0 Å². The number of aromatic nitrogens is 2. The fourth-order valence-electron chi connectivity index (χ4n) is 4.29. The van der Waals surface area contributed by atoms with Gasteiger partial charge in [0.25, 0.3) is 0 Å². The number of methoxy groups -OCH3 is 1. The average molecular weight is 459 g/mol. The fraction of sp³-hybridized carbons (Fsp3) is 0.160. The second-order valence-corrected chi connectivity index (χ2v) is 8.03. The van der Waals surface area contributed by atoms with Crippen molar-refractivity contribution in [2.45, 2.75) is 18.6 Å². The third-order valence-electron chi connectivity index (χ3n) is 5.76. The normalized spacial score (nSPS) is 17.7. The molecule has 1 aliphatic heterocycles. The van der Waals surface area contributed by atoms with Gasteiger partial charge in [0.1, 0.15) is 5.76 Å². The topological polar surface area (TPSA) is 72.5 Å². The highest BCUT2D eigenvalue weighted by atomic mass is 32.1. The van der Waals surface area contributed by atoms with Gasteiger partial charge < -0.3 is 23.9 Å².